The van der Waals surface area contributed by atoms with Gasteiger partial charge in [0.15, 0.2) is 0 Å². The summed E-state index contributed by atoms with van der Waals surface area (Å²) in [7, 11) is -3.03. The van der Waals surface area contributed by atoms with Gasteiger partial charge in [0.2, 0.25) is 10.0 Å². The summed E-state index contributed by atoms with van der Waals surface area (Å²) in [6.45, 7) is 5.23. The van der Waals surface area contributed by atoms with Crippen LogP contribution in [0.25, 0.3) is 0 Å². The van der Waals surface area contributed by atoms with Gasteiger partial charge < -0.3 is 5.32 Å². The van der Waals surface area contributed by atoms with Crippen molar-refractivity contribution in [2.75, 3.05) is 25.9 Å². The van der Waals surface area contributed by atoms with E-state index in [1.807, 2.05) is 11.3 Å². The lowest BCUT2D eigenvalue weighted by atomic mass is 10.00. The molecule has 2 rings (SSSR count). The maximum atomic E-state index is 11.5. The van der Waals surface area contributed by atoms with Gasteiger partial charge >= 0.3 is 0 Å². The van der Waals surface area contributed by atoms with E-state index in [4.69, 9.17) is 0 Å². The number of hydrogen-bond acceptors (Lipinski definition) is 4. The van der Waals surface area contributed by atoms with E-state index in [-0.39, 0.29) is 0 Å². The highest BCUT2D eigenvalue weighted by atomic mass is 32.2. The molecule has 1 aromatic rings. The Kier molecular flexibility index (Phi) is 5.00. The molecule has 2 heterocycles. The van der Waals surface area contributed by atoms with Crippen molar-refractivity contribution in [3.8, 4) is 0 Å². The summed E-state index contributed by atoms with van der Waals surface area (Å²) < 4.78 is 24.7. The largest absolute Gasteiger partial charge is 0.312 e. The monoisotopic (exact) mass is 302 g/mol. The molecular formula is C13H22N2O2S2. The highest BCUT2D eigenvalue weighted by molar-refractivity contribution is 7.88. The first-order valence-electron chi connectivity index (χ1n) is 6.66. The Hall–Kier alpha value is -0.430. The van der Waals surface area contributed by atoms with Crippen molar-refractivity contribution in [3.05, 3.63) is 21.9 Å². The van der Waals surface area contributed by atoms with Gasteiger partial charge in [-0.2, -0.15) is 0 Å². The summed E-state index contributed by atoms with van der Waals surface area (Å²) in [6, 6.07) is 4.28. The molecule has 0 amide bonds. The average molecular weight is 302 g/mol. The zero-order valence-electron chi connectivity index (χ0n) is 11.6. The van der Waals surface area contributed by atoms with Gasteiger partial charge in [0, 0.05) is 29.4 Å². The second kappa shape index (κ2) is 6.35. The summed E-state index contributed by atoms with van der Waals surface area (Å²) >= 11 is 1.81. The minimum absolute atomic E-state index is 0.435. The minimum Gasteiger partial charge on any atom is -0.312 e. The van der Waals surface area contributed by atoms with Crippen LogP contribution in [0.2, 0.25) is 0 Å². The summed E-state index contributed by atoms with van der Waals surface area (Å²) in [5.74, 6) is 0.435. The van der Waals surface area contributed by atoms with Gasteiger partial charge in [-0.15, -0.1) is 11.3 Å². The first-order valence-corrected chi connectivity index (χ1v) is 9.33. The Balaban J connectivity index is 1.77. The maximum Gasteiger partial charge on any atom is 0.211 e. The van der Waals surface area contributed by atoms with Gasteiger partial charge in [-0.05, 0) is 44.4 Å². The predicted octanol–water partition coefficient (Wildman–Crippen LogP) is 1.82. The highest BCUT2D eigenvalue weighted by Crippen LogP contribution is 2.19. The molecular weight excluding hydrogens is 280 g/mol. The summed E-state index contributed by atoms with van der Waals surface area (Å²) in [5, 5.41) is 3.45. The molecule has 0 radical (unpaired) electrons. The Bertz CT molecular complexity index is 510. The van der Waals surface area contributed by atoms with Gasteiger partial charge in [-0.25, -0.2) is 12.7 Å². The van der Waals surface area contributed by atoms with Gasteiger partial charge in [-0.3, -0.25) is 0 Å². The standard InChI is InChI=1S/C13H22N2O2S2/c1-11-5-6-13(18-11)9-14-8-12-4-3-7-15(10-12)19(2,16)17/h5-6,12,14H,3-4,7-10H2,1-2H3. The predicted molar refractivity (Wildman–Crippen MR) is 79.9 cm³/mol. The zero-order chi connectivity index (χ0) is 13.9. The molecule has 0 spiro atoms. The van der Waals surface area contributed by atoms with Crippen LogP contribution in [0.4, 0.5) is 0 Å². The van der Waals surface area contributed by atoms with E-state index in [2.05, 4.69) is 24.4 Å². The first kappa shape index (κ1) is 15.0. The molecule has 1 aliphatic rings. The molecule has 1 aromatic heterocycles. The van der Waals surface area contributed by atoms with Crippen LogP contribution in [0, 0.1) is 12.8 Å². The van der Waals surface area contributed by atoms with E-state index in [0.717, 1.165) is 25.9 Å². The molecule has 1 unspecified atom stereocenters. The van der Waals surface area contributed by atoms with Crippen molar-refractivity contribution < 1.29 is 8.42 Å². The molecule has 1 aliphatic heterocycles. The van der Waals surface area contributed by atoms with Crippen molar-refractivity contribution in [2.24, 2.45) is 5.92 Å². The number of sulfonamides is 1. The number of nitrogens with zero attached hydrogens (tertiary/aromatic N) is 1. The third-order valence-electron chi connectivity index (χ3n) is 3.48. The molecule has 1 saturated heterocycles. The normalized spacial score (nSPS) is 21.7. The topological polar surface area (TPSA) is 49.4 Å². The van der Waals surface area contributed by atoms with E-state index in [0.29, 0.717) is 19.0 Å². The van der Waals surface area contributed by atoms with Crippen LogP contribution in [0.15, 0.2) is 12.1 Å². The van der Waals surface area contributed by atoms with Crippen molar-refractivity contribution in [2.45, 2.75) is 26.3 Å². The number of piperidine rings is 1. The third kappa shape index (κ3) is 4.56. The number of hydrogen-bond donors (Lipinski definition) is 1. The van der Waals surface area contributed by atoms with Crippen molar-refractivity contribution in [3.63, 3.8) is 0 Å². The number of aryl methyl sites for hydroxylation is 1. The Morgan fingerprint density at radius 1 is 1.47 bits per heavy atom. The van der Waals surface area contributed by atoms with Gasteiger partial charge in [0.05, 0.1) is 6.26 Å². The van der Waals surface area contributed by atoms with Crippen LogP contribution in [-0.2, 0) is 16.6 Å². The van der Waals surface area contributed by atoms with E-state index in [9.17, 15) is 8.42 Å². The van der Waals surface area contributed by atoms with Crippen LogP contribution >= 0.6 is 11.3 Å². The molecule has 4 nitrogen and oxygen atoms in total. The second-order valence-electron chi connectivity index (χ2n) is 5.27. The Labute approximate surface area is 119 Å². The fourth-order valence-electron chi connectivity index (χ4n) is 2.47. The van der Waals surface area contributed by atoms with E-state index >= 15 is 0 Å². The molecule has 1 N–H and O–H groups in total. The molecule has 6 heteroatoms. The van der Waals surface area contributed by atoms with Crippen LogP contribution in [0.3, 0.4) is 0 Å². The second-order valence-corrected chi connectivity index (χ2v) is 8.63. The van der Waals surface area contributed by atoms with Gasteiger partial charge in [0.25, 0.3) is 0 Å². The summed E-state index contributed by atoms with van der Waals surface area (Å²) in [6.07, 6.45) is 3.39. The van der Waals surface area contributed by atoms with Crippen LogP contribution in [-0.4, -0.2) is 38.6 Å². The van der Waals surface area contributed by atoms with Crippen molar-refractivity contribution >= 4 is 21.4 Å². The molecule has 1 fully saturated rings. The zero-order valence-corrected chi connectivity index (χ0v) is 13.2. The fraction of sp³-hybridized carbons (Fsp3) is 0.692. The Morgan fingerprint density at radius 2 is 2.26 bits per heavy atom. The molecule has 108 valence electrons. The van der Waals surface area contributed by atoms with Gasteiger partial charge in [0.1, 0.15) is 0 Å². The molecule has 0 saturated carbocycles. The van der Waals surface area contributed by atoms with Crippen molar-refractivity contribution in [1.29, 1.82) is 0 Å². The van der Waals surface area contributed by atoms with Gasteiger partial charge in [-0.1, -0.05) is 0 Å². The maximum absolute atomic E-state index is 11.5. The van der Waals surface area contributed by atoms with E-state index < -0.39 is 10.0 Å². The Morgan fingerprint density at radius 3 is 2.89 bits per heavy atom. The lowest BCUT2D eigenvalue weighted by molar-refractivity contribution is 0.261. The lowest BCUT2D eigenvalue weighted by Crippen LogP contribution is -2.42. The number of rotatable bonds is 5. The van der Waals surface area contributed by atoms with Crippen molar-refractivity contribution in [1.82, 2.24) is 9.62 Å². The summed E-state index contributed by atoms with van der Waals surface area (Å²) in [5.41, 5.74) is 0. The number of nitrogens with one attached hydrogen (secondary N) is 1. The van der Waals surface area contributed by atoms with Crippen LogP contribution in [0.1, 0.15) is 22.6 Å². The molecule has 1 atom stereocenters. The summed E-state index contributed by atoms with van der Waals surface area (Å²) in [4.78, 5) is 2.67. The minimum atomic E-state index is -3.03. The van der Waals surface area contributed by atoms with Crippen LogP contribution in [0.5, 0.6) is 0 Å². The lowest BCUT2D eigenvalue weighted by Gasteiger charge is -2.31. The fourth-order valence-corrected chi connectivity index (χ4v) is 4.28. The van der Waals surface area contributed by atoms with E-state index in [1.165, 1.54) is 16.0 Å². The smallest absolute Gasteiger partial charge is 0.211 e. The van der Waals surface area contributed by atoms with E-state index in [1.54, 1.807) is 4.31 Å². The third-order valence-corrected chi connectivity index (χ3v) is 5.75. The first-order chi connectivity index (χ1) is 8.95. The number of thiophene rings is 1. The average Bonchev–Trinajstić information content (AvgIpc) is 2.74. The molecule has 0 aliphatic carbocycles. The SMILES string of the molecule is Cc1ccc(CNCC2CCCN(S(C)(=O)=O)C2)s1. The molecule has 0 bridgehead atoms. The highest BCUT2D eigenvalue weighted by Gasteiger charge is 2.25. The quantitative estimate of drug-likeness (QED) is 0.902. The van der Waals surface area contributed by atoms with Crippen LogP contribution < -0.4 is 5.32 Å². The molecule has 19 heavy (non-hydrogen) atoms. The molecule has 0 aromatic carbocycles.